The molecule has 0 bridgehead atoms. The zero-order valence-corrected chi connectivity index (χ0v) is 18.7. The summed E-state index contributed by atoms with van der Waals surface area (Å²) in [5.41, 5.74) is 2.87. The lowest BCUT2D eigenvalue weighted by Gasteiger charge is -2.05. The number of carbonyl (C=O) groups is 3. The molecule has 0 aliphatic rings. The van der Waals surface area contributed by atoms with Crippen LogP contribution in [-0.2, 0) is 0 Å². The van der Waals surface area contributed by atoms with Crippen LogP contribution in [-0.4, -0.2) is 31.6 Å². The summed E-state index contributed by atoms with van der Waals surface area (Å²) >= 11 is 0. The second-order valence-electron chi connectivity index (χ2n) is 7.65. The second kappa shape index (κ2) is 7.67. The minimum Gasteiger partial charge on any atom is -0.496 e. The maximum atomic E-state index is 13.4. The zero-order valence-electron chi connectivity index (χ0n) is 18.7. The van der Waals surface area contributed by atoms with Gasteiger partial charge in [0.05, 0.1) is 25.3 Å². The molecule has 7 nitrogen and oxygen atoms in total. The molecule has 0 N–H and O–H groups in total. The van der Waals surface area contributed by atoms with E-state index in [1.165, 1.54) is 28.1 Å². The first kappa shape index (κ1) is 21.4. The van der Waals surface area contributed by atoms with E-state index >= 15 is 0 Å². The molecule has 164 valence electrons. The number of ether oxygens (including phenoxy) is 2. The maximum Gasteiger partial charge on any atom is 0.263 e. The molecule has 0 saturated heterocycles. The summed E-state index contributed by atoms with van der Waals surface area (Å²) in [6.45, 7) is 6.41. The van der Waals surface area contributed by atoms with Crippen molar-refractivity contribution in [3.05, 3.63) is 58.0 Å². The fourth-order valence-electron chi connectivity index (χ4n) is 3.92. The molecule has 2 aromatic carbocycles. The van der Waals surface area contributed by atoms with Crippen molar-refractivity contribution in [2.75, 3.05) is 14.2 Å². The Kier molecular flexibility index (Phi) is 5.12. The van der Waals surface area contributed by atoms with E-state index in [4.69, 9.17) is 18.3 Å². The van der Waals surface area contributed by atoms with Gasteiger partial charge in [-0.3, -0.25) is 14.4 Å². The van der Waals surface area contributed by atoms with Gasteiger partial charge in [0.1, 0.15) is 22.7 Å². The van der Waals surface area contributed by atoms with Gasteiger partial charge in [-0.15, -0.1) is 0 Å². The number of hydrogen-bond donors (Lipinski definition) is 0. The first-order chi connectivity index (χ1) is 15.2. The van der Waals surface area contributed by atoms with E-state index in [1.54, 1.807) is 38.1 Å². The van der Waals surface area contributed by atoms with Crippen molar-refractivity contribution in [2.24, 2.45) is 0 Å². The van der Waals surface area contributed by atoms with Gasteiger partial charge < -0.3 is 18.3 Å². The summed E-state index contributed by atoms with van der Waals surface area (Å²) in [4.78, 5) is 37.4. The van der Waals surface area contributed by atoms with Crippen molar-refractivity contribution in [2.45, 2.75) is 27.7 Å². The largest absolute Gasteiger partial charge is 0.496 e. The topological polar surface area (TPSA) is 95.9 Å². The Hall–Kier alpha value is -3.87. The SMILES string of the molecule is COc1cc2oc(C(=O)c3oc4cc(OC)c(C(C)=O)cc4c3C)c(C)c2cc1C(C)=O. The maximum absolute atomic E-state index is 13.4. The minimum atomic E-state index is -0.431. The third-order valence-corrected chi connectivity index (χ3v) is 5.69. The first-order valence-electron chi connectivity index (χ1n) is 9.96. The number of hydrogen-bond acceptors (Lipinski definition) is 7. The smallest absolute Gasteiger partial charge is 0.263 e. The molecule has 0 saturated carbocycles. The number of ketones is 3. The lowest BCUT2D eigenvalue weighted by Crippen LogP contribution is -2.02. The molecule has 0 amide bonds. The molecule has 4 aromatic rings. The van der Waals surface area contributed by atoms with Gasteiger partial charge in [0.25, 0.3) is 5.78 Å². The van der Waals surface area contributed by atoms with Gasteiger partial charge >= 0.3 is 0 Å². The van der Waals surface area contributed by atoms with Gasteiger partial charge in [-0.05, 0) is 39.8 Å². The number of aryl methyl sites for hydroxylation is 2. The summed E-state index contributed by atoms with van der Waals surface area (Å²) in [6, 6.07) is 6.54. The Bertz CT molecular complexity index is 1320. The van der Waals surface area contributed by atoms with Crippen LogP contribution in [0.5, 0.6) is 11.5 Å². The number of benzene rings is 2. The molecule has 0 unspecified atom stereocenters. The van der Waals surface area contributed by atoms with E-state index in [0.717, 1.165) is 0 Å². The fraction of sp³-hybridized carbons (Fsp3) is 0.240. The van der Waals surface area contributed by atoms with Gasteiger partial charge in [-0.25, -0.2) is 0 Å². The third kappa shape index (κ3) is 3.17. The van der Waals surface area contributed by atoms with E-state index in [1.807, 2.05) is 0 Å². The predicted octanol–water partition coefficient (Wildman–Crippen LogP) is 5.45. The third-order valence-electron chi connectivity index (χ3n) is 5.69. The number of furan rings is 2. The zero-order chi connectivity index (χ0) is 23.3. The molecular formula is C25H22O7. The summed E-state index contributed by atoms with van der Waals surface area (Å²) in [5, 5.41) is 1.29. The number of methoxy groups -OCH3 is 2. The molecular weight excluding hydrogens is 412 g/mol. The van der Waals surface area contributed by atoms with Crippen LogP contribution < -0.4 is 9.47 Å². The number of rotatable bonds is 6. The Morgan fingerprint density at radius 1 is 0.688 bits per heavy atom. The normalized spacial score (nSPS) is 11.2. The average Bonchev–Trinajstić information content (AvgIpc) is 3.27. The summed E-state index contributed by atoms with van der Waals surface area (Å²) in [5.74, 6) is 0.246. The van der Waals surface area contributed by atoms with Crippen LogP contribution in [0.3, 0.4) is 0 Å². The summed E-state index contributed by atoms with van der Waals surface area (Å²) < 4.78 is 22.3. The van der Waals surface area contributed by atoms with Crippen LogP contribution >= 0.6 is 0 Å². The lowest BCUT2D eigenvalue weighted by atomic mass is 10.0. The molecule has 32 heavy (non-hydrogen) atoms. The van der Waals surface area contributed by atoms with Crippen molar-refractivity contribution >= 4 is 39.3 Å². The Morgan fingerprint density at radius 2 is 1.06 bits per heavy atom. The van der Waals surface area contributed by atoms with Crippen molar-refractivity contribution < 1.29 is 32.7 Å². The van der Waals surface area contributed by atoms with Gasteiger partial charge in [0.2, 0.25) is 0 Å². The molecule has 2 aromatic heterocycles. The van der Waals surface area contributed by atoms with Gasteiger partial charge in [-0.2, -0.15) is 0 Å². The van der Waals surface area contributed by atoms with Crippen LogP contribution in [0.4, 0.5) is 0 Å². The van der Waals surface area contributed by atoms with Gasteiger partial charge in [0, 0.05) is 34.0 Å². The lowest BCUT2D eigenvalue weighted by molar-refractivity contribution is 0.0982. The van der Waals surface area contributed by atoms with Crippen molar-refractivity contribution in [3.8, 4) is 11.5 Å². The first-order valence-corrected chi connectivity index (χ1v) is 9.96. The quantitative estimate of drug-likeness (QED) is 0.372. The van der Waals surface area contributed by atoms with Crippen LogP contribution in [0.25, 0.3) is 21.9 Å². The van der Waals surface area contributed by atoms with Crippen LogP contribution in [0.15, 0.2) is 33.1 Å². The van der Waals surface area contributed by atoms with E-state index in [-0.39, 0.29) is 23.1 Å². The highest BCUT2D eigenvalue weighted by Gasteiger charge is 2.27. The minimum absolute atomic E-state index is 0.115. The monoisotopic (exact) mass is 434 g/mol. The molecule has 2 heterocycles. The standard InChI is InChI=1S/C25H22O7/c1-11-15-7-17(13(3)26)19(29-5)9-21(15)31-24(11)23(28)25-12(2)16-8-18(14(4)27)20(30-6)10-22(16)32-25/h7-10H,1-6H3. The highest BCUT2D eigenvalue weighted by Crippen LogP contribution is 2.36. The molecule has 0 atom stereocenters. The highest BCUT2D eigenvalue weighted by molar-refractivity contribution is 6.13. The van der Waals surface area contributed by atoms with Crippen LogP contribution in [0, 0.1) is 13.8 Å². The second-order valence-corrected chi connectivity index (χ2v) is 7.65. The van der Waals surface area contributed by atoms with Gasteiger partial charge in [-0.1, -0.05) is 0 Å². The number of fused-ring (bicyclic) bond motifs is 2. The highest BCUT2D eigenvalue weighted by atomic mass is 16.5. The molecule has 0 radical (unpaired) electrons. The van der Waals surface area contributed by atoms with Crippen molar-refractivity contribution in [1.82, 2.24) is 0 Å². The molecule has 0 aliphatic heterocycles. The molecule has 0 fully saturated rings. The molecule has 0 aliphatic carbocycles. The van der Waals surface area contributed by atoms with Crippen molar-refractivity contribution in [3.63, 3.8) is 0 Å². The van der Waals surface area contributed by atoms with E-state index in [0.29, 0.717) is 55.7 Å². The van der Waals surface area contributed by atoms with E-state index in [9.17, 15) is 14.4 Å². The van der Waals surface area contributed by atoms with Crippen LogP contribution in [0.1, 0.15) is 62.0 Å². The Labute approximate surface area is 183 Å². The summed E-state index contributed by atoms with van der Waals surface area (Å²) in [6.07, 6.45) is 0. The van der Waals surface area contributed by atoms with Crippen molar-refractivity contribution in [1.29, 1.82) is 0 Å². The molecule has 4 rings (SSSR count). The predicted molar refractivity (Wildman–Crippen MR) is 118 cm³/mol. The number of carbonyl (C=O) groups excluding carboxylic acids is 3. The molecule has 0 spiro atoms. The number of Topliss-reactive ketones (excluding diaryl/α,β-unsaturated/α-hetero) is 2. The summed E-state index contributed by atoms with van der Waals surface area (Å²) in [7, 11) is 2.94. The van der Waals surface area contributed by atoms with Gasteiger partial charge in [0.15, 0.2) is 23.1 Å². The Balaban J connectivity index is 1.89. The van der Waals surface area contributed by atoms with E-state index in [2.05, 4.69) is 0 Å². The molecule has 7 heteroatoms. The average molecular weight is 434 g/mol. The van der Waals surface area contributed by atoms with Crippen LogP contribution in [0.2, 0.25) is 0 Å². The fourth-order valence-corrected chi connectivity index (χ4v) is 3.92. The Morgan fingerprint density at radius 3 is 1.38 bits per heavy atom. The van der Waals surface area contributed by atoms with E-state index < -0.39 is 5.78 Å².